The molecular weight excluding hydrogens is 412 g/mol. The molecule has 2 heteroatoms. The van der Waals surface area contributed by atoms with Gasteiger partial charge in [-0.2, -0.15) is 0 Å². The molecule has 6 aromatic rings. The molecule has 0 fully saturated rings. The number of hydrogen-bond acceptors (Lipinski definition) is 1. The molecule has 0 atom stereocenters. The van der Waals surface area contributed by atoms with Crippen LogP contribution < -0.4 is 4.90 Å². The molecule has 0 unspecified atom stereocenters. The van der Waals surface area contributed by atoms with Crippen LogP contribution in [0.15, 0.2) is 140 Å². The third-order valence-corrected chi connectivity index (χ3v) is 5.84. The van der Waals surface area contributed by atoms with Crippen LogP contribution >= 0.6 is 0 Å². The fraction of sp³-hybridized carbons (Fsp3) is 0. The molecule has 0 radical (unpaired) electrons. The second-order valence-electron chi connectivity index (χ2n) is 7.99. The summed E-state index contributed by atoms with van der Waals surface area (Å²) in [7, 11) is 0. The van der Waals surface area contributed by atoms with Crippen molar-refractivity contribution in [1.29, 1.82) is 0 Å². The molecule has 1 N–H and O–H groups in total. The number of nitrogens with one attached hydrogen (secondary N) is 1. The summed E-state index contributed by atoms with van der Waals surface area (Å²) >= 11 is 0. The van der Waals surface area contributed by atoms with Crippen LogP contribution in [0, 0.1) is 0 Å². The maximum atomic E-state index is 3.83. The molecule has 0 aliphatic carbocycles. The molecule has 1 aromatic heterocycles. The highest BCUT2D eigenvalue weighted by Gasteiger charge is 2.10. The van der Waals surface area contributed by atoms with Crippen LogP contribution in [-0.4, -0.2) is 4.98 Å². The summed E-state index contributed by atoms with van der Waals surface area (Å²) < 4.78 is 0. The van der Waals surface area contributed by atoms with E-state index in [4.69, 9.17) is 0 Å². The zero-order valence-corrected chi connectivity index (χ0v) is 18.9. The van der Waals surface area contributed by atoms with Gasteiger partial charge >= 0.3 is 0 Å². The molecule has 1 heterocycles. The monoisotopic (exact) mass is 438 g/mol. The number of nitrogens with zero attached hydrogens (tertiary/aromatic N) is 1. The molecule has 5 aromatic carbocycles. The number of benzene rings is 5. The van der Waals surface area contributed by atoms with Crippen LogP contribution in [0.1, 0.15) is 5.56 Å². The molecule has 34 heavy (non-hydrogen) atoms. The number of para-hydroxylation sites is 5. The van der Waals surface area contributed by atoms with Crippen molar-refractivity contribution in [3.63, 3.8) is 0 Å². The minimum atomic E-state index is 1.16. The maximum absolute atomic E-state index is 3.83. The van der Waals surface area contributed by atoms with E-state index < -0.39 is 0 Å². The normalized spacial score (nSPS) is 10.5. The zero-order valence-electron chi connectivity index (χ0n) is 18.9. The van der Waals surface area contributed by atoms with Crippen LogP contribution in [0.2, 0.25) is 0 Å². The van der Waals surface area contributed by atoms with Gasteiger partial charge in [0.25, 0.3) is 0 Å². The minimum absolute atomic E-state index is 1.16. The maximum Gasteiger partial charge on any atom is 0.0538 e. The second kappa shape index (κ2) is 9.93. The number of fused-ring (bicyclic) bond motifs is 3. The number of hydrogen-bond donors (Lipinski definition) is 1. The van der Waals surface area contributed by atoms with Gasteiger partial charge in [-0.05, 0) is 48.0 Å². The van der Waals surface area contributed by atoms with Crippen molar-refractivity contribution >= 4 is 44.9 Å². The van der Waals surface area contributed by atoms with Crippen molar-refractivity contribution < 1.29 is 0 Å². The highest BCUT2D eigenvalue weighted by Crippen LogP contribution is 2.33. The number of rotatable bonds is 4. The lowest BCUT2D eigenvalue weighted by molar-refractivity contribution is 1.28. The molecule has 164 valence electrons. The smallest absolute Gasteiger partial charge is 0.0538 e. The van der Waals surface area contributed by atoms with E-state index in [-0.39, 0.29) is 0 Å². The van der Waals surface area contributed by atoms with E-state index in [1.165, 1.54) is 38.9 Å². The van der Waals surface area contributed by atoms with Crippen molar-refractivity contribution in [1.82, 2.24) is 4.98 Å². The van der Waals surface area contributed by atoms with Gasteiger partial charge in [0.05, 0.1) is 5.52 Å². The Morgan fingerprint density at radius 2 is 0.971 bits per heavy atom. The molecule has 0 spiro atoms. The van der Waals surface area contributed by atoms with Gasteiger partial charge in [-0.25, -0.2) is 0 Å². The topological polar surface area (TPSA) is 19.0 Å². The lowest BCUT2D eigenvalue weighted by Crippen LogP contribution is -2.09. The highest BCUT2D eigenvalue weighted by atomic mass is 15.1. The Kier molecular flexibility index (Phi) is 6.22. The minimum Gasteiger partial charge on any atom is -0.354 e. The van der Waals surface area contributed by atoms with E-state index in [1.807, 2.05) is 30.3 Å². The van der Waals surface area contributed by atoms with E-state index in [0.29, 0.717) is 0 Å². The van der Waals surface area contributed by atoms with Crippen molar-refractivity contribution in [2.24, 2.45) is 0 Å². The van der Waals surface area contributed by atoms with Crippen LogP contribution in [0.4, 0.5) is 17.1 Å². The first-order valence-electron chi connectivity index (χ1n) is 11.4. The quantitative estimate of drug-likeness (QED) is 0.291. The molecule has 2 nitrogen and oxygen atoms in total. The van der Waals surface area contributed by atoms with Crippen molar-refractivity contribution in [3.8, 4) is 0 Å². The second-order valence-corrected chi connectivity index (χ2v) is 7.99. The van der Waals surface area contributed by atoms with E-state index >= 15 is 0 Å². The summed E-state index contributed by atoms with van der Waals surface area (Å²) in [6.07, 6.45) is 1.89. The Balaban J connectivity index is 0.000000145. The predicted octanol–water partition coefficient (Wildman–Crippen LogP) is 9.12. The van der Waals surface area contributed by atoms with Crippen molar-refractivity contribution in [3.05, 3.63) is 146 Å². The third kappa shape index (κ3) is 4.35. The van der Waals surface area contributed by atoms with Gasteiger partial charge < -0.3 is 9.88 Å². The SMILES string of the molecule is C=Cc1cccc2c1[nH]c1ccccc12.c1ccc(N(c2ccccc2)c2ccccc2)cc1. The highest BCUT2D eigenvalue weighted by molar-refractivity contribution is 6.09. The van der Waals surface area contributed by atoms with Crippen molar-refractivity contribution in [2.75, 3.05) is 4.90 Å². The van der Waals surface area contributed by atoms with Crippen LogP contribution in [-0.2, 0) is 0 Å². The lowest BCUT2D eigenvalue weighted by Gasteiger charge is -2.25. The first-order chi connectivity index (χ1) is 16.8. The Labute approximate surface area is 200 Å². The molecule has 0 amide bonds. The number of aromatic nitrogens is 1. The molecule has 0 saturated carbocycles. The molecule has 0 saturated heterocycles. The van der Waals surface area contributed by atoms with Gasteiger partial charge in [-0.3, -0.25) is 0 Å². The fourth-order valence-electron chi connectivity index (χ4n) is 4.24. The first kappa shape index (κ1) is 21.3. The Morgan fingerprint density at radius 1 is 0.500 bits per heavy atom. The Morgan fingerprint density at radius 3 is 1.50 bits per heavy atom. The number of H-pyrrole nitrogens is 1. The summed E-state index contributed by atoms with van der Waals surface area (Å²) in [6.45, 7) is 3.83. The third-order valence-electron chi connectivity index (χ3n) is 5.84. The van der Waals surface area contributed by atoms with Crippen LogP contribution in [0.3, 0.4) is 0 Å². The van der Waals surface area contributed by atoms with Gasteiger partial charge in [0.2, 0.25) is 0 Å². The van der Waals surface area contributed by atoms with Crippen LogP contribution in [0.5, 0.6) is 0 Å². The average molecular weight is 439 g/mol. The van der Waals surface area contributed by atoms with Gasteiger partial charge in [-0.1, -0.05) is 104 Å². The molecule has 0 aliphatic rings. The van der Waals surface area contributed by atoms with Gasteiger partial charge in [0, 0.05) is 33.4 Å². The van der Waals surface area contributed by atoms with E-state index in [9.17, 15) is 0 Å². The summed E-state index contributed by atoms with van der Waals surface area (Å²) in [5.74, 6) is 0. The summed E-state index contributed by atoms with van der Waals surface area (Å²) in [6, 6.07) is 45.9. The van der Waals surface area contributed by atoms with Gasteiger partial charge in [0.1, 0.15) is 0 Å². The molecular formula is C32H26N2. The van der Waals surface area contributed by atoms with E-state index in [0.717, 1.165) is 5.56 Å². The molecule has 0 aliphatic heterocycles. The van der Waals surface area contributed by atoms with Crippen molar-refractivity contribution in [2.45, 2.75) is 0 Å². The predicted molar refractivity (Wildman–Crippen MR) is 147 cm³/mol. The number of aromatic amines is 1. The lowest BCUT2D eigenvalue weighted by atomic mass is 10.1. The van der Waals surface area contributed by atoms with E-state index in [1.54, 1.807) is 0 Å². The molecule has 6 rings (SSSR count). The summed E-state index contributed by atoms with van der Waals surface area (Å²) in [4.78, 5) is 5.68. The number of anilines is 3. The van der Waals surface area contributed by atoms with E-state index in [2.05, 4.69) is 126 Å². The van der Waals surface area contributed by atoms with Gasteiger partial charge in [-0.15, -0.1) is 0 Å². The largest absolute Gasteiger partial charge is 0.354 e. The zero-order chi connectivity index (χ0) is 23.2. The average Bonchev–Trinajstić information content (AvgIpc) is 3.30. The van der Waals surface area contributed by atoms with Gasteiger partial charge in [0.15, 0.2) is 0 Å². The first-order valence-corrected chi connectivity index (χ1v) is 11.4. The van der Waals surface area contributed by atoms with Crippen LogP contribution in [0.25, 0.3) is 27.9 Å². The molecule has 0 bridgehead atoms. The summed E-state index contributed by atoms with van der Waals surface area (Å²) in [5, 5.41) is 2.54. The fourth-order valence-corrected chi connectivity index (χ4v) is 4.24. The Hall–Kier alpha value is -4.56. The summed E-state index contributed by atoms with van der Waals surface area (Å²) in [5.41, 5.74) is 7.01. The Bertz CT molecular complexity index is 1410. The standard InChI is InChI=1S/C18H15N.C14H11N/c1-4-10-16(11-5-1)19(17-12-6-2-7-13-17)18-14-8-3-9-15-18;1-2-10-6-5-8-12-11-7-3-4-9-13(11)15-14(10)12/h1-15H;2-9,15H,1H2.